The number of aromatic nitrogens is 2. The number of hydrogen-bond acceptors (Lipinski definition) is 5. The predicted octanol–water partition coefficient (Wildman–Crippen LogP) is 6.65. The van der Waals surface area contributed by atoms with E-state index < -0.39 is 0 Å². The highest BCUT2D eigenvalue weighted by Gasteiger charge is 2.14. The van der Waals surface area contributed by atoms with E-state index in [-0.39, 0.29) is 5.56 Å². The minimum absolute atomic E-state index is 0.222. The summed E-state index contributed by atoms with van der Waals surface area (Å²) in [5.74, 6) is 1.71. The maximum Gasteiger partial charge on any atom is 0.282 e. The lowest BCUT2D eigenvalue weighted by molar-refractivity contribution is 0.284. The standard InChI is InChI=1S/C27H25Br2N3O3/c1-4-6-25-31-23-10-9-20(28)13-22(23)27(33)32(25)30-15-19-12-21(29)14-24(34-3)26(19)35-16-18-8-5-7-17(2)11-18/h5,7-15H,4,6,16H2,1-3H3. The fraction of sp³-hybridized carbons (Fsp3) is 0.222. The highest BCUT2D eigenvalue weighted by molar-refractivity contribution is 9.10. The van der Waals surface area contributed by atoms with Gasteiger partial charge in [-0.15, -0.1) is 0 Å². The summed E-state index contributed by atoms with van der Waals surface area (Å²) in [6.07, 6.45) is 3.07. The Labute approximate surface area is 220 Å². The SMILES string of the molecule is CCCc1nc2ccc(Br)cc2c(=O)n1N=Cc1cc(Br)cc(OC)c1OCc1cccc(C)c1. The van der Waals surface area contributed by atoms with Gasteiger partial charge in [-0.2, -0.15) is 9.78 Å². The Morgan fingerprint density at radius 2 is 1.91 bits per heavy atom. The molecule has 0 saturated carbocycles. The van der Waals surface area contributed by atoms with Gasteiger partial charge in [0.25, 0.3) is 5.56 Å². The molecule has 35 heavy (non-hydrogen) atoms. The Morgan fingerprint density at radius 3 is 2.66 bits per heavy atom. The average molecular weight is 599 g/mol. The summed E-state index contributed by atoms with van der Waals surface area (Å²) >= 11 is 6.97. The molecule has 0 aliphatic rings. The first-order chi connectivity index (χ1) is 16.9. The second-order valence-electron chi connectivity index (χ2n) is 8.11. The van der Waals surface area contributed by atoms with Crippen molar-refractivity contribution in [1.82, 2.24) is 9.66 Å². The summed E-state index contributed by atoms with van der Waals surface area (Å²) in [6.45, 7) is 4.46. The van der Waals surface area contributed by atoms with E-state index in [0.717, 1.165) is 26.5 Å². The maximum absolute atomic E-state index is 13.3. The van der Waals surface area contributed by atoms with Gasteiger partial charge >= 0.3 is 0 Å². The summed E-state index contributed by atoms with van der Waals surface area (Å²) in [7, 11) is 1.59. The first-order valence-electron chi connectivity index (χ1n) is 11.2. The lowest BCUT2D eigenvalue weighted by atomic mass is 10.1. The van der Waals surface area contributed by atoms with E-state index in [1.54, 1.807) is 19.4 Å². The lowest BCUT2D eigenvalue weighted by Gasteiger charge is -2.15. The smallest absolute Gasteiger partial charge is 0.282 e. The Kier molecular flexibility index (Phi) is 8.03. The van der Waals surface area contributed by atoms with Gasteiger partial charge in [0, 0.05) is 20.9 Å². The topological polar surface area (TPSA) is 65.7 Å². The number of aryl methyl sites for hydroxylation is 2. The van der Waals surface area contributed by atoms with Gasteiger partial charge < -0.3 is 9.47 Å². The van der Waals surface area contributed by atoms with Crippen molar-refractivity contribution in [3.05, 3.63) is 96.4 Å². The molecule has 4 aromatic rings. The number of nitrogens with zero attached hydrogens (tertiary/aromatic N) is 3. The van der Waals surface area contributed by atoms with Crippen LogP contribution in [-0.2, 0) is 13.0 Å². The third-order valence-electron chi connectivity index (χ3n) is 5.40. The molecule has 0 fully saturated rings. The van der Waals surface area contributed by atoms with Crippen molar-refractivity contribution in [2.45, 2.75) is 33.3 Å². The molecule has 1 aromatic heterocycles. The van der Waals surface area contributed by atoms with Crippen LogP contribution in [0.15, 0.2) is 73.4 Å². The molecule has 1 heterocycles. The number of halogens is 2. The predicted molar refractivity (Wildman–Crippen MR) is 147 cm³/mol. The van der Waals surface area contributed by atoms with E-state index >= 15 is 0 Å². The van der Waals surface area contributed by atoms with Crippen molar-refractivity contribution in [1.29, 1.82) is 0 Å². The molecular formula is C27H25Br2N3O3. The summed E-state index contributed by atoms with van der Waals surface area (Å²) in [5, 5.41) is 5.06. The van der Waals surface area contributed by atoms with E-state index in [1.807, 2.05) is 56.3 Å². The molecule has 6 nitrogen and oxygen atoms in total. The number of ether oxygens (including phenoxy) is 2. The van der Waals surface area contributed by atoms with Gasteiger partial charge in [0.05, 0.1) is 24.2 Å². The van der Waals surface area contributed by atoms with Crippen LogP contribution in [0.2, 0.25) is 0 Å². The molecule has 3 aromatic carbocycles. The zero-order valence-electron chi connectivity index (χ0n) is 19.7. The molecule has 0 atom stereocenters. The second-order valence-corrected chi connectivity index (χ2v) is 9.94. The first kappa shape index (κ1) is 25.1. The average Bonchev–Trinajstić information content (AvgIpc) is 2.83. The van der Waals surface area contributed by atoms with Gasteiger partial charge in [-0.1, -0.05) is 68.6 Å². The van der Waals surface area contributed by atoms with Crippen LogP contribution in [0.1, 0.15) is 35.9 Å². The Balaban J connectivity index is 1.78. The number of fused-ring (bicyclic) bond motifs is 1. The fourth-order valence-electron chi connectivity index (χ4n) is 3.77. The van der Waals surface area contributed by atoms with Gasteiger partial charge in [-0.3, -0.25) is 4.79 Å². The van der Waals surface area contributed by atoms with E-state index in [1.165, 1.54) is 4.68 Å². The van der Waals surface area contributed by atoms with Crippen LogP contribution in [0.5, 0.6) is 11.5 Å². The van der Waals surface area contributed by atoms with Crippen molar-refractivity contribution in [3.8, 4) is 11.5 Å². The van der Waals surface area contributed by atoms with Gasteiger partial charge in [0.1, 0.15) is 12.4 Å². The molecule has 0 aliphatic carbocycles. The van der Waals surface area contributed by atoms with Crippen molar-refractivity contribution < 1.29 is 9.47 Å². The summed E-state index contributed by atoms with van der Waals surface area (Å²) < 4.78 is 14.8. The Morgan fingerprint density at radius 1 is 1.09 bits per heavy atom. The molecule has 0 bridgehead atoms. The number of hydrogen-bond donors (Lipinski definition) is 0. The largest absolute Gasteiger partial charge is 0.493 e. The maximum atomic E-state index is 13.3. The minimum atomic E-state index is -0.222. The molecule has 0 amide bonds. The van der Waals surface area contributed by atoms with Gasteiger partial charge in [0.2, 0.25) is 0 Å². The zero-order valence-corrected chi connectivity index (χ0v) is 22.9. The number of rotatable bonds is 8. The molecule has 0 radical (unpaired) electrons. The molecular weight excluding hydrogens is 574 g/mol. The van der Waals surface area contributed by atoms with Crippen LogP contribution in [-0.4, -0.2) is 23.0 Å². The monoisotopic (exact) mass is 597 g/mol. The Hall–Kier alpha value is -2.97. The van der Waals surface area contributed by atoms with Crippen molar-refractivity contribution in [2.24, 2.45) is 5.10 Å². The molecule has 180 valence electrons. The minimum Gasteiger partial charge on any atom is -0.493 e. The van der Waals surface area contributed by atoms with Crippen LogP contribution in [0.3, 0.4) is 0 Å². The van der Waals surface area contributed by atoms with Crippen LogP contribution in [0, 0.1) is 6.92 Å². The summed E-state index contributed by atoms with van der Waals surface area (Å²) in [5.41, 5.74) is 3.31. The van der Waals surface area contributed by atoms with E-state index in [9.17, 15) is 4.79 Å². The quantitative estimate of drug-likeness (QED) is 0.213. The molecule has 0 saturated heterocycles. The van der Waals surface area contributed by atoms with E-state index in [0.29, 0.717) is 46.8 Å². The van der Waals surface area contributed by atoms with Gasteiger partial charge in [-0.05, 0) is 49.2 Å². The fourth-order valence-corrected chi connectivity index (χ4v) is 4.58. The molecule has 0 unspecified atom stereocenters. The van der Waals surface area contributed by atoms with E-state index in [2.05, 4.69) is 43.0 Å². The number of benzene rings is 3. The third-order valence-corrected chi connectivity index (χ3v) is 6.35. The van der Waals surface area contributed by atoms with E-state index in [4.69, 9.17) is 14.5 Å². The van der Waals surface area contributed by atoms with Crippen molar-refractivity contribution in [2.75, 3.05) is 7.11 Å². The highest BCUT2D eigenvalue weighted by Crippen LogP contribution is 2.34. The first-order valence-corrected chi connectivity index (χ1v) is 12.8. The highest BCUT2D eigenvalue weighted by atomic mass is 79.9. The molecule has 4 rings (SSSR count). The molecule has 8 heteroatoms. The summed E-state index contributed by atoms with van der Waals surface area (Å²) in [6, 6.07) is 17.3. The normalized spacial score (nSPS) is 11.3. The van der Waals surface area contributed by atoms with Gasteiger partial charge in [0.15, 0.2) is 11.5 Å². The van der Waals surface area contributed by atoms with Crippen molar-refractivity contribution in [3.63, 3.8) is 0 Å². The number of methoxy groups -OCH3 is 1. The molecule has 0 spiro atoms. The second kappa shape index (κ2) is 11.2. The summed E-state index contributed by atoms with van der Waals surface area (Å²) in [4.78, 5) is 18.0. The van der Waals surface area contributed by atoms with Gasteiger partial charge in [-0.25, -0.2) is 4.98 Å². The van der Waals surface area contributed by atoms with Crippen LogP contribution in [0.25, 0.3) is 10.9 Å². The van der Waals surface area contributed by atoms with Crippen molar-refractivity contribution >= 4 is 49.0 Å². The lowest BCUT2D eigenvalue weighted by Crippen LogP contribution is -2.22. The molecule has 0 N–H and O–H groups in total. The van der Waals surface area contributed by atoms with Crippen LogP contribution < -0.4 is 15.0 Å². The molecule has 0 aliphatic heterocycles. The van der Waals surface area contributed by atoms with Crippen LogP contribution in [0.4, 0.5) is 0 Å². The third kappa shape index (κ3) is 5.82. The zero-order chi connectivity index (χ0) is 24.9. The Bertz CT molecular complexity index is 1460. The van der Waals surface area contributed by atoms with Crippen LogP contribution >= 0.6 is 31.9 Å².